The average Bonchev–Trinajstić information content (AvgIpc) is 3.41. The molecule has 0 aliphatic carbocycles. The molecule has 8 heteroatoms. The summed E-state index contributed by atoms with van der Waals surface area (Å²) in [5, 5.41) is 10.1. The zero-order valence-electron chi connectivity index (χ0n) is 17.3. The topological polar surface area (TPSA) is 93.8 Å². The van der Waals surface area contributed by atoms with E-state index in [-0.39, 0.29) is 17.5 Å². The van der Waals surface area contributed by atoms with Gasteiger partial charge >= 0.3 is 0 Å². The van der Waals surface area contributed by atoms with E-state index in [0.717, 1.165) is 29.7 Å². The van der Waals surface area contributed by atoms with Crippen molar-refractivity contribution in [1.82, 2.24) is 24.6 Å². The molecule has 0 atom stereocenters. The zero-order chi connectivity index (χ0) is 21.6. The summed E-state index contributed by atoms with van der Waals surface area (Å²) in [4.78, 5) is 28.9. The molecule has 0 aliphatic heterocycles. The Labute approximate surface area is 179 Å². The van der Waals surface area contributed by atoms with Crippen molar-refractivity contribution < 1.29 is 9.59 Å². The van der Waals surface area contributed by atoms with Crippen molar-refractivity contribution in [2.75, 3.05) is 11.9 Å². The van der Waals surface area contributed by atoms with Gasteiger partial charge in [-0.05, 0) is 30.7 Å². The summed E-state index contributed by atoms with van der Waals surface area (Å²) in [6.45, 7) is 3.02. The van der Waals surface area contributed by atoms with Crippen LogP contribution in [0, 0.1) is 0 Å². The highest BCUT2D eigenvalue weighted by Crippen LogP contribution is 2.18. The van der Waals surface area contributed by atoms with Crippen LogP contribution in [0.4, 0.5) is 5.82 Å². The second-order valence-electron chi connectivity index (χ2n) is 7.10. The Balaban J connectivity index is 1.41. The normalized spacial score (nSPS) is 10.9. The second kappa shape index (κ2) is 9.25. The number of hydrogen-bond donors (Lipinski definition) is 2. The highest BCUT2D eigenvalue weighted by Gasteiger charge is 2.16. The Morgan fingerprint density at radius 1 is 1.03 bits per heavy atom. The van der Waals surface area contributed by atoms with Crippen LogP contribution in [0.25, 0.3) is 16.7 Å². The van der Waals surface area contributed by atoms with E-state index in [2.05, 4.69) is 25.3 Å². The van der Waals surface area contributed by atoms with Crippen molar-refractivity contribution in [2.45, 2.75) is 26.3 Å². The molecule has 8 nitrogen and oxygen atoms in total. The largest absolute Gasteiger partial charge is 0.351 e. The predicted octanol–water partition coefficient (Wildman–Crippen LogP) is 3.39. The van der Waals surface area contributed by atoms with Crippen molar-refractivity contribution in [3.05, 3.63) is 72.7 Å². The van der Waals surface area contributed by atoms with Crippen LogP contribution >= 0.6 is 0 Å². The molecule has 0 aliphatic rings. The number of nitrogens with zero attached hydrogens (tertiary/aromatic N) is 4. The second-order valence-corrected chi connectivity index (χ2v) is 7.10. The van der Waals surface area contributed by atoms with Crippen LogP contribution in [0.2, 0.25) is 0 Å². The summed E-state index contributed by atoms with van der Waals surface area (Å²) in [7, 11) is 0. The number of imidazole rings is 1. The Morgan fingerprint density at radius 3 is 2.61 bits per heavy atom. The number of amides is 2. The third-order valence-electron chi connectivity index (χ3n) is 4.92. The molecule has 0 radical (unpaired) electrons. The van der Waals surface area contributed by atoms with Crippen LogP contribution in [-0.4, -0.2) is 37.7 Å². The molecular weight excluding hydrogens is 392 g/mol. The first kappa shape index (κ1) is 20.3. The van der Waals surface area contributed by atoms with Gasteiger partial charge in [0.2, 0.25) is 5.91 Å². The van der Waals surface area contributed by atoms with Crippen molar-refractivity contribution in [1.29, 1.82) is 0 Å². The first-order valence-electron chi connectivity index (χ1n) is 10.3. The van der Waals surface area contributed by atoms with Gasteiger partial charge in [0, 0.05) is 25.6 Å². The maximum atomic E-state index is 12.7. The van der Waals surface area contributed by atoms with Crippen LogP contribution in [0.1, 0.15) is 30.3 Å². The number of anilines is 1. The fourth-order valence-corrected chi connectivity index (χ4v) is 3.31. The summed E-state index contributed by atoms with van der Waals surface area (Å²) in [5.41, 5.74) is 3.05. The first-order valence-corrected chi connectivity index (χ1v) is 10.3. The Hall–Kier alpha value is -3.94. The summed E-state index contributed by atoms with van der Waals surface area (Å²) >= 11 is 0. The van der Waals surface area contributed by atoms with E-state index in [1.807, 2.05) is 60.9 Å². The molecule has 0 bridgehead atoms. The van der Waals surface area contributed by atoms with Gasteiger partial charge < -0.3 is 15.2 Å². The molecule has 4 rings (SSSR count). The van der Waals surface area contributed by atoms with Crippen molar-refractivity contribution >= 4 is 28.7 Å². The molecule has 0 saturated heterocycles. The number of aromatic nitrogens is 4. The molecule has 0 spiro atoms. The fraction of sp³-hybridized carbons (Fsp3) is 0.217. The van der Waals surface area contributed by atoms with E-state index in [0.29, 0.717) is 18.8 Å². The maximum Gasteiger partial charge on any atom is 0.271 e. The molecule has 0 saturated carbocycles. The van der Waals surface area contributed by atoms with Crippen LogP contribution < -0.4 is 10.6 Å². The van der Waals surface area contributed by atoms with Crippen molar-refractivity contribution in [3.8, 4) is 5.69 Å². The number of aryl methyl sites for hydroxylation is 1. The highest BCUT2D eigenvalue weighted by molar-refractivity contribution is 5.95. The number of fused-ring (bicyclic) bond motifs is 1. The lowest BCUT2D eigenvalue weighted by Crippen LogP contribution is -2.25. The van der Waals surface area contributed by atoms with Gasteiger partial charge in [-0.2, -0.15) is 5.10 Å². The molecule has 0 unspecified atom stereocenters. The van der Waals surface area contributed by atoms with Crippen LogP contribution in [-0.2, 0) is 11.3 Å². The lowest BCUT2D eigenvalue weighted by molar-refractivity contribution is -0.115. The third kappa shape index (κ3) is 4.63. The monoisotopic (exact) mass is 416 g/mol. The van der Waals surface area contributed by atoms with E-state index in [1.54, 1.807) is 17.7 Å². The number of benzene rings is 2. The van der Waals surface area contributed by atoms with E-state index >= 15 is 0 Å². The minimum absolute atomic E-state index is 0.142. The first-order chi connectivity index (χ1) is 15.2. The quantitative estimate of drug-likeness (QED) is 0.431. The van der Waals surface area contributed by atoms with E-state index in [1.165, 1.54) is 0 Å². The smallest absolute Gasteiger partial charge is 0.271 e. The van der Waals surface area contributed by atoms with Gasteiger partial charge in [0.1, 0.15) is 5.82 Å². The Bertz CT molecular complexity index is 1200. The predicted molar refractivity (Wildman–Crippen MR) is 119 cm³/mol. The summed E-state index contributed by atoms with van der Waals surface area (Å²) in [6.07, 6.45) is 2.91. The SMILES string of the molecule is CCC(=O)Nc1cc(C(=O)NCCCn2cnc3ccccc32)nn1-c1ccccc1. The molecule has 2 N–H and O–H groups in total. The van der Waals surface area contributed by atoms with Crippen LogP contribution in [0.3, 0.4) is 0 Å². The van der Waals surface area contributed by atoms with E-state index in [4.69, 9.17) is 0 Å². The van der Waals surface area contributed by atoms with Gasteiger partial charge in [0.05, 0.1) is 23.0 Å². The standard InChI is InChI=1S/C23H24N6O2/c1-2-22(30)26-21-15-19(27-29(21)17-9-4-3-5-10-17)23(31)24-13-8-14-28-16-25-18-11-6-7-12-20(18)28/h3-7,9-12,15-16H,2,8,13-14H2,1H3,(H,24,31)(H,26,30). The fourth-order valence-electron chi connectivity index (χ4n) is 3.31. The molecule has 2 amide bonds. The molecule has 2 heterocycles. The highest BCUT2D eigenvalue weighted by atomic mass is 16.2. The molecule has 2 aromatic carbocycles. The summed E-state index contributed by atoms with van der Waals surface area (Å²) in [5.74, 6) is 0.0434. The Morgan fingerprint density at radius 2 is 1.81 bits per heavy atom. The average molecular weight is 416 g/mol. The number of carbonyl (C=O) groups is 2. The Kier molecular flexibility index (Phi) is 6.07. The molecule has 2 aromatic heterocycles. The lowest BCUT2D eigenvalue weighted by atomic mass is 10.3. The van der Waals surface area contributed by atoms with Gasteiger partial charge in [0.25, 0.3) is 5.91 Å². The minimum Gasteiger partial charge on any atom is -0.351 e. The number of rotatable bonds is 8. The van der Waals surface area contributed by atoms with Crippen LogP contribution in [0.5, 0.6) is 0 Å². The van der Waals surface area contributed by atoms with Crippen molar-refractivity contribution in [2.24, 2.45) is 0 Å². The molecule has 31 heavy (non-hydrogen) atoms. The number of para-hydroxylation sites is 3. The van der Waals surface area contributed by atoms with Crippen LogP contribution in [0.15, 0.2) is 67.0 Å². The third-order valence-corrected chi connectivity index (χ3v) is 4.92. The number of hydrogen-bond acceptors (Lipinski definition) is 4. The minimum atomic E-state index is -0.280. The van der Waals surface area contributed by atoms with Gasteiger partial charge in [-0.25, -0.2) is 9.67 Å². The maximum absolute atomic E-state index is 12.7. The van der Waals surface area contributed by atoms with E-state index in [9.17, 15) is 9.59 Å². The summed E-state index contributed by atoms with van der Waals surface area (Å²) in [6, 6.07) is 18.9. The van der Waals surface area contributed by atoms with Gasteiger partial charge in [-0.15, -0.1) is 0 Å². The molecular formula is C23H24N6O2. The van der Waals surface area contributed by atoms with E-state index < -0.39 is 0 Å². The molecule has 4 aromatic rings. The molecule has 158 valence electrons. The van der Waals surface area contributed by atoms with Gasteiger partial charge in [-0.3, -0.25) is 9.59 Å². The number of nitrogens with one attached hydrogen (secondary N) is 2. The van der Waals surface area contributed by atoms with Crippen molar-refractivity contribution in [3.63, 3.8) is 0 Å². The number of carbonyl (C=O) groups excluding carboxylic acids is 2. The zero-order valence-corrected chi connectivity index (χ0v) is 17.3. The molecule has 0 fully saturated rings. The lowest BCUT2D eigenvalue weighted by Gasteiger charge is -2.07. The van der Waals surface area contributed by atoms with Gasteiger partial charge in [0.15, 0.2) is 5.69 Å². The van der Waals surface area contributed by atoms with Gasteiger partial charge in [-0.1, -0.05) is 37.3 Å². The summed E-state index contributed by atoms with van der Waals surface area (Å²) < 4.78 is 3.64.